The summed E-state index contributed by atoms with van der Waals surface area (Å²) >= 11 is 0. The number of amides is 1. The van der Waals surface area contributed by atoms with E-state index in [0.29, 0.717) is 5.71 Å². The summed E-state index contributed by atoms with van der Waals surface area (Å²) in [5.41, 5.74) is 0.571. The van der Waals surface area contributed by atoms with Crippen LogP contribution in [0.4, 0.5) is 5.95 Å². The molecular formula is C8H9N5O2. The molecule has 1 aromatic heterocycles. The Balaban J connectivity index is 2.42. The van der Waals surface area contributed by atoms with E-state index in [1.165, 1.54) is 6.92 Å². The van der Waals surface area contributed by atoms with Crippen LogP contribution in [0.5, 0.6) is 0 Å². The third-order valence-corrected chi connectivity index (χ3v) is 1.96. The summed E-state index contributed by atoms with van der Waals surface area (Å²) in [5.74, 6) is -0.159. The van der Waals surface area contributed by atoms with Gasteiger partial charge in [-0.3, -0.25) is 14.6 Å². The molecule has 0 aromatic carbocycles. The Morgan fingerprint density at radius 1 is 1.27 bits per heavy atom. The fraction of sp³-hybridized carbons (Fsp3) is 0.375. The van der Waals surface area contributed by atoms with Crippen LogP contribution in [-0.2, 0) is 4.79 Å². The van der Waals surface area contributed by atoms with E-state index in [0.717, 1.165) is 5.01 Å². The molecule has 0 fully saturated rings. The van der Waals surface area contributed by atoms with E-state index >= 15 is 0 Å². The molecule has 0 spiro atoms. The van der Waals surface area contributed by atoms with Crippen LogP contribution < -0.4 is 10.6 Å². The molecule has 1 amide bonds. The van der Waals surface area contributed by atoms with Crippen LogP contribution in [0.1, 0.15) is 19.0 Å². The van der Waals surface area contributed by atoms with Crippen molar-refractivity contribution < 1.29 is 4.79 Å². The maximum Gasteiger partial charge on any atom is 0.274 e. The van der Waals surface area contributed by atoms with Gasteiger partial charge < -0.3 is 0 Å². The molecule has 0 bridgehead atoms. The number of hydrogen-bond acceptors (Lipinski definition) is 5. The molecule has 0 aliphatic carbocycles. The summed E-state index contributed by atoms with van der Waals surface area (Å²) in [6, 6.07) is 0. The topological polar surface area (TPSA) is 91.3 Å². The number of hydrogen-bond donors (Lipinski definition) is 1. The molecule has 0 radical (unpaired) electrons. The Bertz CT molecular complexity index is 504. The second-order valence-corrected chi connectivity index (χ2v) is 3.28. The average molecular weight is 207 g/mol. The van der Waals surface area contributed by atoms with Gasteiger partial charge in [0.2, 0.25) is 0 Å². The highest BCUT2D eigenvalue weighted by atomic mass is 16.2. The van der Waals surface area contributed by atoms with Gasteiger partial charge in [-0.15, -0.1) is 10.2 Å². The zero-order chi connectivity index (χ0) is 11.0. The number of hydrazone groups is 1. The molecular weight excluding hydrogens is 198 g/mol. The van der Waals surface area contributed by atoms with E-state index in [9.17, 15) is 9.59 Å². The lowest BCUT2D eigenvalue weighted by atomic mass is 10.3. The molecule has 0 saturated carbocycles. The predicted molar refractivity (Wildman–Crippen MR) is 52.6 cm³/mol. The number of aromatic amines is 1. The van der Waals surface area contributed by atoms with Gasteiger partial charge in [0.05, 0.1) is 6.42 Å². The Hall–Kier alpha value is -2.05. The second-order valence-electron chi connectivity index (χ2n) is 3.28. The number of H-pyrrole nitrogens is 1. The lowest BCUT2D eigenvalue weighted by Crippen LogP contribution is -2.26. The molecule has 2 heterocycles. The smallest absolute Gasteiger partial charge is 0.274 e. The van der Waals surface area contributed by atoms with Crippen LogP contribution >= 0.6 is 0 Å². The molecule has 7 nitrogen and oxygen atoms in total. The number of anilines is 1. The molecule has 1 N–H and O–H groups in total. The van der Waals surface area contributed by atoms with Gasteiger partial charge in [0.1, 0.15) is 5.69 Å². The zero-order valence-corrected chi connectivity index (χ0v) is 8.31. The molecule has 0 saturated heterocycles. The molecule has 0 atom stereocenters. The van der Waals surface area contributed by atoms with Crippen LogP contribution in [0.25, 0.3) is 0 Å². The van der Waals surface area contributed by atoms with E-state index in [4.69, 9.17) is 0 Å². The van der Waals surface area contributed by atoms with Gasteiger partial charge in [0.25, 0.3) is 17.4 Å². The molecule has 0 unspecified atom stereocenters. The van der Waals surface area contributed by atoms with Crippen molar-refractivity contribution in [3.05, 3.63) is 16.0 Å². The molecule has 1 aliphatic heterocycles. The average Bonchev–Trinajstić information content (AvgIpc) is 2.50. The number of nitrogens with zero attached hydrogens (tertiary/aromatic N) is 4. The Morgan fingerprint density at radius 2 is 2.00 bits per heavy atom. The van der Waals surface area contributed by atoms with E-state index in [1.54, 1.807) is 6.92 Å². The van der Waals surface area contributed by atoms with Gasteiger partial charge in [-0.1, -0.05) is 0 Å². The molecule has 7 heteroatoms. The minimum atomic E-state index is -0.368. The summed E-state index contributed by atoms with van der Waals surface area (Å²) in [7, 11) is 0. The first kappa shape index (κ1) is 9.50. The fourth-order valence-corrected chi connectivity index (χ4v) is 1.20. The first-order valence-electron chi connectivity index (χ1n) is 4.38. The van der Waals surface area contributed by atoms with Crippen LogP contribution in [0.2, 0.25) is 0 Å². The fourth-order valence-electron chi connectivity index (χ4n) is 1.20. The number of carbonyl (C=O) groups is 1. The SMILES string of the molecule is CC1=NN(c2nnc(C)c(=O)[nH]2)C(=O)C1. The third kappa shape index (κ3) is 1.63. The molecule has 1 aliphatic rings. The Morgan fingerprint density at radius 3 is 2.53 bits per heavy atom. The van der Waals surface area contributed by atoms with Crippen LogP contribution in [0, 0.1) is 6.92 Å². The lowest BCUT2D eigenvalue weighted by Gasteiger charge is -2.08. The predicted octanol–water partition coefficient (Wildman–Crippen LogP) is -0.414. The van der Waals surface area contributed by atoms with Crippen molar-refractivity contribution in [3.63, 3.8) is 0 Å². The van der Waals surface area contributed by atoms with Gasteiger partial charge in [-0.05, 0) is 13.8 Å². The van der Waals surface area contributed by atoms with Gasteiger partial charge in [-0.2, -0.15) is 10.1 Å². The van der Waals surface area contributed by atoms with Crippen molar-refractivity contribution in [2.75, 3.05) is 5.01 Å². The van der Waals surface area contributed by atoms with Crippen molar-refractivity contribution in [1.82, 2.24) is 15.2 Å². The standard InChI is InChI=1S/C8H9N5O2/c1-4-3-6(14)13(12-4)8-9-7(15)5(2)10-11-8/h3H2,1-2H3,(H,9,11,15). The highest BCUT2D eigenvalue weighted by molar-refractivity contribution is 6.11. The number of carbonyl (C=O) groups excluding carboxylic acids is 1. The lowest BCUT2D eigenvalue weighted by molar-refractivity contribution is -0.117. The first-order chi connectivity index (χ1) is 7.08. The van der Waals surface area contributed by atoms with Crippen molar-refractivity contribution in [1.29, 1.82) is 0 Å². The van der Waals surface area contributed by atoms with E-state index in [2.05, 4.69) is 20.3 Å². The quantitative estimate of drug-likeness (QED) is 0.677. The van der Waals surface area contributed by atoms with Crippen LogP contribution in [0.3, 0.4) is 0 Å². The largest absolute Gasteiger partial charge is 0.288 e. The Labute approximate surface area is 84.8 Å². The summed E-state index contributed by atoms with van der Waals surface area (Å²) in [6.07, 6.45) is 0.248. The number of rotatable bonds is 1. The van der Waals surface area contributed by atoms with Crippen molar-refractivity contribution in [3.8, 4) is 0 Å². The normalized spacial score (nSPS) is 15.7. The van der Waals surface area contributed by atoms with Gasteiger partial charge in [-0.25, -0.2) is 0 Å². The third-order valence-electron chi connectivity index (χ3n) is 1.96. The van der Waals surface area contributed by atoms with Gasteiger partial charge in [0.15, 0.2) is 0 Å². The number of aryl methyl sites for hydroxylation is 1. The summed E-state index contributed by atoms with van der Waals surface area (Å²) in [5, 5.41) is 12.3. The molecule has 78 valence electrons. The van der Waals surface area contributed by atoms with Gasteiger partial charge >= 0.3 is 0 Å². The van der Waals surface area contributed by atoms with E-state index in [1.807, 2.05) is 0 Å². The minimum Gasteiger partial charge on any atom is -0.288 e. The van der Waals surface area contributed by atoms with Crippen LogP contribution in [0.15, 0.2) is 9.90 Å². The molecule has 15 heavy (non-hydrogen) atoms. The van der Waals surface area contributed by atoms with E-state index < -0.39 is 0 Å². The van der Waals surface area contributed by atoms with Crippen LogP contribution in [-0.4, -0.2) is 26.8 Å². The summed E-state index contributed by atoms with van der Waals surface area (Å²) < 4.78 is 0. The first-order valence-corrected chi connectivity index (χ1v) is 4.38. The van der Waals surface area contributed by atoms with Crippen molar-refractivity contribution >= 4 is 17.6 Å². The summed E-state index contributed by atoms with van der Waals surface area (Å²) in [6.45, 7) is 3.27. The minimum absolute atomic E-state index is 0.0625. The van der Waals surface area contributed by atoms with Gasteiger partial charge in [0, 0.05) is 5.71 Å². The maximum absolute atomic E-state index is 11.4. The number of nitrogens with one attached hydrogen (secondary N) is 1. The highest BCUT2D eigenvalue weighted by Gasteiger charge is 2.24. The molecule has 1 aromatic rings. The molecule has 2 rings (SSSR count). The summed E-state index contributed by atoms with van der Waals surface area (Å²) in [4.78, 5) is 25.1. The second kappa shape index (κ2) is 3.26. The Kier molecular flexibility index (Phi) is 2.07. The monoisotopic (exact) mass is 207 g/mol. The van der Waals surface area contributed by atoms with Crippen molar-refractivity contribution in [2.45, 2.75) is 20.3 Å². The number of aromatic nitrogens is 3. The van der Waals surface area contributed by atoms with E-state index in [-0.39, 0.29) is 29.5 Å². The highest BCUT2D eigenvalue weighted by Crippen LogP contribution is 2.13. The van der Waals surface area contributed by atoms with Crippen molar-refractivity contribution in [2.24, 2.45) is 5.10 Å². The maximum atomic E-state index is 11.4. The zero-order valence-electron chi connectivity index (χ0n) is 8.31.